The van der Waals surface area contributed by atoms with Gasteiger partial charge in [-0.15, -0.1) is 11.8 Å². The number of anilines is 2. The van der Waals surface area contributed by atoms with Crippen LogP contribution in [0.25, 0.3) is 0 Å². The Morgan fingerprint density at radius 2 is 1.68 bits per heavy atom. The van der Waals surface area contributed by atoms with Crippen LogP contribution < -0.4 is 10.6 Å². The minimum Gasteiger partial charge on any atom is -0.455 e. The Morgan fingerprint density at radius 1 is 0.964 bits per heavy atom. The summed E-state index contributed by atoms with van der Waals surface area (Å²) in [5, 5.41) is 5.97. The third-order valence-corrected chi connectivity index (χ3v) is 4.76. The van der Waals surface area contributed by atoms with Crippen molar-refractivity contribution in [3.63, 3.8) is 0 Å². The van der Waals surface area contributed by atoms with Crippen molar-refractivity contribution in [2.45, 2.75) is 13.8 Å². The van der Waals surface area contributed by atoms with E-state index in [0.717, 1.165) is 22.9 Å². The predicted octanol–water partition coefficient (Wildman–Crippen LogP) is 3.81. The van der Waals surface area contributed by atoms with Crippen LogP contribution in [0.4, 0.5) is 11.4 Å². The molecule has 0 saturated heterocycles. The lowest BCUT2D eigenvalue weighted by molar-refractivity contribution is -0.144. The highest BCUT2D eigenvalue weighted by Gasteiger charge is 2.11. The molecular weight excluding hydrogens is 400 g/mol. The van der Waals surface area contributed by atoms with Gasteiger partial charge in [0, 0.05) is 16.4 Å². The molecule has 2 amide bonds. The maximum absolute atomic E-state index is 11.9. The zero-order valence-corrected chi connectivity index (χ0v) is 17.2. The third kappa shape index (κ3) is 7.62. The Labute approximate surface area is 173 Å². The summed E-state index contributed by atoms with van der Waals surface area (Å²) >= 11 is 6.98. The largest absolute Gasteiger partial charge is 0.455 e. The van der Waals surface area contributed by atoms with Crippen molar-refractivity contribution in [3.05, 3.63) is 58.6 Å². The van der Waals surface area contributed by atoms with Crippen molar-refractivity contribution in [3.8, 4) is 0 Å². The zero-order valence-electron chi connectivity index (χ0n) is 15.6. The summed E-state index contributed by atoms with van der Waals surface area (Å²) in [6.45, 7) is 3.38. The van der Waals surface area contributed by atoms with Gasteiger partial charge in [0.05, 0.1) is 11.5 Å². The number of ether oxygens (including phenoxy) is 1. The first-order chi connectivity index (χ1) is 13.3. The lowest BCUT2D eigenvalue weighted by Crippen LogP contribution is -2.22. The normalized spacial score (nSPS) is 10.2. The molecule has 2 aromatic rings. The number of hydrogen-bond donors (Lipinski definition) is 2. The molecule has 0 aliphatic carbocycles. The van der Waals surface area contributed by atoms with Gasteiger partial charge < -0.3 is 15.4 Å². The summed E-state index contributed by atoms with van der Waals surface area (Å²) in [5.41, 5.74) is 3.22. The van der Waals surface area contributed by atoms with E-state index >= 15 is 0 Å². The number of thioether (sulfide) groups is 1. The van der Waals surface area contributed by atoms with Crippen LogP contribution in [-0.2, 0) is 19.1 Å². The average molecular weight is 421 g/mol. The molecule has 0 unspecified atom stereocenters. The second-order valence-corrected chi connectivity index (χ2v) is 7.50. The standard InChI is InChI=1S/C20H21ClN2O4S/c1-13-3-6-16(7-4-13)22-19(25)11-28-12-20(26)27-10-18(24)23-17-8-5-15(21)9-14(17)2/h3-9H,10-12H2,1-2H3,(H,22,25)(H,23,24). The summed E-state index contributed by atoms with van der Waals surface area (Å²) in [6, 6.07) is 12.5. The molecule has 2 rings (SSSR count). The van der Waals surface area contributed by atoms with E-state index in [1.807, 2.05) is 38.1 Å². The fourth-order valence-electron chi connectivity index (χ4n) is 2.20. The van der Waals surface area contributed by atoms with Crippen molar-refractivity contribution in [1.29, 1.82) is 0 Å². The summed E-state index contributed by atoms with van der Waals surface area (Å²) in [5.74, 6) is -1.12. The van der Waals surface area contributed by atoms with E-state index in [-0.39, 0.29) is 17.4 Å². The number of nitrogens with one attached hydrogen (secondary N) is 2. The number of hydrogen-bond acceptors (Lipinski definition) is 5. The van der Waals surface area contributed by atoms with Gasteiger partial charge in [0.2, 0.25) is 5.91 Å². The number of carbonyl (C=O) groups excluding carboxylic acids is 3. The van der Waals surface area contributed by atoms with E-state index in [1.165, 1.54) is 0 Å². The van der Waals surface area contributed by atoms with Crippen LogP contribution in [0.15, 0.2) is 42.5 Å². The lowest BCUT2D eigenvalue weighted by atomic mass is 10.2. The smallest absolute Gasteiger partial charge is 0.316 e. The highest BCUT2D eigenvalue weighted by Crippen LogP contribution is 2.19. The number of esters is 1. The molecule has 0 heterocycles. The first-order valence-electron chi connectivity index (χ1n) is 8.49. The molecule has 0 aliphatic rings. The van der Waals surface area contributed by atoms with Gasteiger partial charge in [-0.05, 0) is 49.7 Å². The Bertz CT molecular complexity index is 856. The van der Waals surface area contributed by atoms with E-state index < -0.39 is 18.5 Å². The highest BCUT2D eigenvalue weighted by molar-refractivity contribution is 8.00. The van der Waals surface area contributed by atoms with Crippen LogP contribution in [0.2, 0.25) is 5.02 Å². The monoisotopic (exact) mass is 420 g/mol. The molecule has 0 aliphatic heterocycles. The molecule has 0 atom stereocenters. The van der Waals surface area contributed by atoms with E-state index in [9.17, 15) is 14.4 Å². The summed E-state index contributed by atoms with van der Waals surface area (Å²) in [6.07, 6.45) is 0. The first kappa shape index (κ1) is 21.8. The second kappa shape index (κ2) is 10.7. The van der Waals surface area contributed by atoms with Gasteiger partial charge in [0.25, 0.3) is 5.91 Å². The van der Waals surface area contributed by atoms with Crippen LogP contribution in [-0.4, -0.2) is 35.9 Å². The van der Waals surface area contributed by atoms with Gasteiger partial charge in [0.15, 0.2) is 6.61 Å². The Balaban J connectivity index is 1.64. The van der Waals surface area contributed by atoms with E-state index in [0.29, 0.717) is 16.4 Å². The number of rotatable bonds is 8. The van der Waals surface area contributed by atoms with Crippen molar-refractivity contribution in [2.24, 2.45) is 0 Å². The van der Waals surface area contributed by atoms with Crippen LogP contribution in [0.1, 0.15) is 11.1 Å². The molecular formula is C20H21ClN2O4S. The van der Waals surface area contributed by atoms with Crippen LogP contribution in [0, 0.1) is 13.8 Å². The molecule has 148 valence electrons. The number of carbonyl (C=O) groups is 3. The molecule has 0 radical (unpaired) electrons. The van der Waals surface area contributed by atoms with Gasteiger partial charge in [0.1, 0.15) is 0 Å². The second-order valence-electron chi connectivity index (χ2n) is 6.08. The number of aryl methyl sites for hydroxylation is 2. The topological polar surface area (TPSA) is 84.5 Å². The van der Waals surface area contributed by atoms with Gasteiger partial charge >= 0.3 is 5.97 Å². The Kier molecular flexibility index (Phi) is 8.35. The summed E-state index contributed by atoms with van der Waals surface area (Å²) < 4.78 is 4.92. The highest BCUT2D eigenvalue weighted by atomic mass is 35.5. The summed E-state index contributed by atoms with van der Waals surface area (Å²) in [4.78, 5) is 35.4. The molecule has 0 fully saturated rings. The number of halogens is 1. The fourth-order valence-corrected chi connectivity index (χ4v) is 3.04. The maximum Gasteiger partial charge on any atom is 0.316 e. The Hall–Kier alpha value is -2.51. The lowest BCUT2D eigenvalue weighted by Gasteiger charge is -2.09. The van der Waals surface area contributed by atoms with Gasteiger partial charge in [-0.3, -0.25) is 14.4 Å². The van der Waals surface area contributed by atoms with Crippen LogP contribution in [0.5, 0.6) is 0 Å². The quantitative estimate of drug-likeness (QED) is 0.634. The molecule has 0 aromatic heterocycles. The fraction of sp³-hybridized carbons (Fsp3) is 0.250. The molecule has 28 heavy (non-hydrogen) atoms. The molecule has 0 saturated carbocycles. The molecule has 8 heteroatoms. The van der Waals surface area contributed by atoms with Gasteiger partial charge in [-0.1, -0.05) is 29.3 Å². The average Bonchev–Trinajstić information content (AvgIpc) is 2.64. The number of benzene rings is 2. The van der Waals surface area contributed by atoms with Crippen molar-refractivity contribution in [2.75, 3.05) is 28.7 Å². The maximum atomic E-state index is 11.9. The van der Waals surface area contributed by atoms with E-state index in [2.05, 4.69) is 10.6 Å². The van der Waals surface area contributed by atoms with Crippen molar-refractivity contribution >= 4 is 52.5 Å². The van der Waals surface area contributed by atoms with Crippen molar-refractivity contribution < 1.29 is 19.1 Å². The van der Waals surface area contributed by atoms with Crippen molar-refractivity contribution in [1.82, 2.24) is 0 Å². The summed E-state index contributed by atoms with van der Waals surface area (Å²) in [7, 11) is 0. The minimum atomic E-state index is -0.559. The predicted molar refractivity (Wildman–Crippen MR) is 113 cm³/mol. The SMILES string of the molecule is Cc1ccc(NC(=O)CSCC(=O)OCC(=O)Nc2ccc(Cl)cc2C)cc1. The van der Waals surface area contributed by atoms with Crippen LogP contribution >= 0.6 is 23.4 Å². The molecule has 2 aromatic carbocycles. The first-order valence-corrected chi connectivity index (χ1v) is 10.0. The molecule has 0 spiro atoms. The molecule has 2 N–H and O–H groups in total. The van der Waals surface area contributed by atoms with Crippen LogP contribution in [0.3, 0.4) is 0 Å². The minimum absolute atomic E-state index is 0.0193. The Morgan fingerprint density at radius 3 is 2.36 bits per heavy atom. The molecule has 0 bridgehead atoms. The zero-order chi connectivity index (χ0) is 20.5. The van der Waals surface area contributed by atoms with Gasteiger partial charge in [-0.25, -0.2) is 0 Å². The molecule has 6 nitrogen and oxygen atoms in total. The third-order valence-electron chi connectivity index (χ3n) is 3.62. The number of amides is 2. The van der Waals surface area contributed by atoms with E-state index in [1.54, 1.807) is 18.2 Å². The van der Waals surface area contributed by atoms with E-state index in [4.69, 9.17) is 16.3 Å². The van der Waals surface area contributed by atoms with Gasteiger partial charge in [-0.2, -0.15) is 0 Å².